The molecule has 3 aliphatic carbocycles. The lowest BCUT2D eigenvalue weighted by atomic mass is 9.50. The topological polar surface area (TPSA) is 52.6 Å². The Labute approximate surface area is 127 Å². The molecule has 7 unspecified atom stereocenters. The van der Waals surface area contributed by atoms with Crippen molar-refractivity contribution in [2.24, 2.45) is 17.3 Å². The smallest absolute Gasteiger partial charge is 0.313 e. The second-order valence-corrected chi connectivity index (χ2v) is 7.55. The van der Waals surface area contributed by atoms with Crippen LogP contribution in [0.3, 0.4) is 0 Å². The summed E-state index contributed by atoms with van der Waals surface area (Å²) < 4.78 is 12.2. The third kappa shape index (κ3) is 0.969. The largest absolute Gasteiger partial charge is 0.459 e. The Morgan fingerprint density at radius 1 is 1.23 bits per heavy atom. The lowest BCUT2D eigenvalue weighted by Crippen LogP contribution is -2.64. The highest BCUT2D eigenvalue weighted by atomic mass is 16.6. The van der Waals surface area contributed by atoms with Crippen LogP contribution in [0, 0.1) is 17.3 Å². The molecule has 4 bridgehead atoms. The quantitative estimate of drug-likeness (QED) is 0.684. The highest BCUT2D eigenvalue weighted by Crippen LogP contribution is 2.73. The molecule has 4 nitrogen and oxygen atoms in total. The van der Waals surface area contributed by atoms with E-state index in [1.807, 2.05) is 6.07 Å². The summed E-state index contributed by atoms with van der Waals surface area (Å²) in [5, 5.41) is 0. The van der Waals surface area contributed by atoms with E-state index >= 15 is 0 Å². The average molecular weight is 296 g/mol. The summed E-state index contributed by atoms with van der Waals surface area (Å²) >= 11 is 0. The molecule has 22 heavy (non-hydrogen) atoms. The van der Waals surface area contributed by atoms with Crippen molar-refractivity contribution in [3.63, 3.8) is 0 Å². The lowest BCUT2D eigenvalue weighted by molar-refractivity contribution is -0.215. The van der Waals surface area contributed by atoms with Crippen LogP contribution in [0.4, 0.5) is 0 Å². The molecule has 0 aromatic heterocycles. The SMILES string of the molecule is CC1C2OC3c4ccc(=O)cc5c4C4C3C2OC(=O)C14CC5. The van der Waals surface area contributed by atoms with Crippen LogP contribution in [0.2, 0.25) is 0 Å². The second-order valence-electron chi connectivity index (χ2n) is 7.55. The van der Waals surface area contributed by atoms with Crippen molar-refractivity contribution >= 4 is 5.97 Å². The van der Waals surface area contributed by atoms with Crippen molar-refractivity contribution in [2.45, 2.75) is 44.0 Å². The minimum absolute atomic E-state index is 0.00363. The van der Waals surface area contributed by atoms with E-state index in [1.165, 1.54) is 5.56 Å². The number of aryl methyl sites for hydroxylation is 1. The summed E-state index contributed by atoms with van der Waals surface area (Å²) in [4.78, 5) is 24.7. The molecular weight excluding hydrogens is 280 g/mol. The van der Waals surface area contributed by atoms with Gasteiger partial charge in [0.1, 0.15) is 6.10 Å². The van der Waals surface area contributed by atoms with Gasteiger partial charge in [0.05, 0.1) is 17.6 Å². The second kappa shape index (κ2) is 3.30. The van der Waals surface area contributed by atoms with Gasteiger partial charge in [-0.05, 0) is 41.7 Å². The van der Waals surface area contributed by atoms with Crippen LogP contribution >= 0.6 is 0 Å². The fraction of sp³-hybridized carbons (Fsp3) is 0.556. The molecule has 1 spiro atoms. The van der Waals surface area contributed by atoms with E-state index in [9.17, 15) is 9.59 Å². The zero-order valence-corrected chi connectivity index (χ0v) is 12.2. The first kappa shape index (κ1) is 11.8. The molecule has 7 atom stereocenters. The molecule has 0 N–H and O–H groups in total. The molecule has 4 fully saturated rings. The molecule has 0 radical (unpaired) electrons. The number of rotatable bonds is 0. The Morgan fingerprint density at radius 2 is 2.09 bits per heavy atom. The van der Waals surface area contributed by atoms with Gasteiger partial charge in [-0.15, -0.1) is 0 Å². The third-order valence-corrected chi connectivity index (χ3v) is 7.05. The minimum Gasteiger partial charge on any atom is -0.459 e. The van der Waals surface area contributed by atoms with Crippen molar-refractivity contribution in [2.75, 3.05) is 0 Å². The third-order valence-electron chi connectivity index (χ3n) is 7.05. The van der Waals surface area contributed by atoms with Gasteiger partial charge in [-0.25, -0.2) is 0 Å². The van der Waals surface area contributed by atoms with Crippen molar-refractivity contribution in [1.29, 1.82) is 0 Å². The number of esters is 1. The van der Waals surface area contributed by atoms with Crippen LogP contribution in [-0.2, 0) is 20.7 Å². The van der Waals surface area contributed by atoms with Gasteiger partial charge in [0.15, 0.2) is 5.43 Å². The maximum atomic E-state index is 12.8. The Balaban J connectivity index is 1.76. The van der Waals surface area contributed by atoms with Gasteiger partial charge in [-0.1, -0.05) is 13.0 Å². The number of fused-ring (bicyclic) bond motifs is 2. The number of hydrogen-bond donors (Lipinski definition) is 0. The van der Waals surface area contributed by atoms with Crippen LogP contribution < -0.4 is 5.43 Å². The highest BCUT2D eigenvalue weighted by Gasteiger charge is 2.76. The van der Waals surface area contributed by atoms with Crippen LogP contribution in [0.5, 0.6) is 0 Å². The van der Waals surface area contributed by atoms with Crippen molar-refractivity contribution < 1.29 is 14.3 Å². The van der Waals surface area contributed by atoms with Crippen molar-refractivity contribution in [3.05, 3.63) is 45.1 Å². The van der Waals surface area contributed by atoms with Crippen molar-refractivity contribution in [1.82, 2.24) is 0 Å². The molecule has 3 aliphatic heterocycles. The zero-order chi connectivity index (χ0) is 14.8. The monoisotopic (exact) mass is 296 g/mol. The number of carbonyl (C=O) groups excluding carboxylic acids is 1. The molecular formula is C18H16O4. The Bertz CT molecular complexity index is 815. The molecule has 3 heterocycles. The Kier molecular flexibility index (Phi) is 1.78. The van der Waals surface area contributed by atoms with E-state index in [4.69, 9.17) is 9.47 Å². The summed E-state index contributed by atoms with van der Waals surface area (Å²) in [6, 6.07) is 5.34. The first-order chi connectivity index (χ1) is 10.6. The Hall–Kier alpha value is -1.68. The van der Waals surface area contributed by atoms with Gasteiger partial charge in [0, 0.05) is 17.8 Å². The molecule has 1 saturated carbocycles. The van der Waals surface area contributed by atoms with E-state index in [0.29, 0.717) is 0 Å². The molecule has 1 aromatic rings. The predicted octanol–water partition coefficient (Wildman–Crippen LogP) is 1.71. The molecule has 1 aromatic carbocycles. The van der Waals surface area contributed by atoms with Crippen LogP contribution in [-0.4, -0.2) is 18.2 Å². The maximum absolute atomic E-state index is 12.8. The van der Waals surface area contributed by atoms with Gasteiger partial charge in [-0.3, -0.25) is 9.59 Å². The normalized spacial score (nSPS) is 48.5. The summed E-state index contributed by atoms with van der Waals surface area (Å²) in [7, 11) is 0. The fourth-order valence-electron chi connectivity index (χ4n) is 6.24. The zero-order valence-electron chi connectivity index (χ0n) is 12.2. The van der Waals surface area contributed by atoms with Gasteiger partial charge >= 0.3 is 5.97 Å². The molecule has 3 saturated heterocycles. The summed E-state index contributed by atoms with van der Waals surface area (Å²) in [6.45, 7) is 2.15. The van der Waals surface area contributed by atoms with Crippen LogP contribution in [0.15, 0.2) is 23.0 Å². The molecule has 4 heteroatoms. The van der Waals surface area contributed by atoms with Gasteiger partial charge in [0.25, 0.3) is 0 Å². The van der Waals surface area contributed by atoms with Gasteiger partial charge < -0.3 is 9.47 Å². The summed E-state index contributed by atoms with van der Waals surface area (Å²) in [6.07, 6.45) is 1.49. The van der Waals surface area contributed by atoms with Crippen molar-refractivity contribution in [3.8, 4) is 0 Å². The first-order valence-electron chi connectivity index (χ1n) is 8.16. The standard InChI is InChI=1S/C18H16O4/c1-7-14-16-12-13-11-8(4-5-18(7,13)17(20)22-16)6-9(19)2-3-10(11)15(12)21-14/h2-3,6-7,12-16H,4-5H2,1H3. The summed E-state index contributed by atoms with van der Waals surface area (Å²) in [5.41, 5.74) is 3.10. The number of hydrogen-bond acceptors (Lipinski definition) is 4. The van der Waals surface area contributed by atoms with Crippen LogP contribution in [0.25, 0.3) is 0 Å². The lowest BCUT2D eigenvalue weighted by Gasteiger charge is -2.57. The van der Waals surface area contributed by atoms with Gasteiger partial charge in [0.2, 0.25) is 0 Å². The molecule has 112 valence electrons. The van der Waals surface area contributed by atoms with E-state index in [0.717, 1.165) is 24.0 Å². The molecule has 6 aliphatic rings. The fourth-order valence-corrected chi connectivity index (χ4v) is 6.24. The minimum atomic E-state index is -0.436. The van der Waals surface area contributed by atoms with E-state index < -0.39 is 5.41 Å². The molecule has 7 rings (SSSR count). The average Bonchev–Trinajstić information content (AvgIpc) is 2.92. The van der Waals surface area contributed by atoms with E-state index in [-0.39, 0.29) is 47.5 Å². The first-order valence-corrected chi connectivity index (χ1v) is 8.16. The Morgan fingerprint density at radius 3 is 2.95 bits per heavy atom. The number of ether oxygens (including phenoxy) is 2. The number of carbonyl (C=O) groups is 1. The molecule has 0 amide bonds. The predicted molar refractivity (Wildman–Crippen MR) is 76.4 cm³/mol. The highest BCUT2D eigenvalue weighted by molar-refractivity contribution is 5.83. The van der Waals surface area contributed by atoms with Gasteiger partial charge in [-0.2, -0.15) is 0 Å². The van der Waals surface area contributed by atoms with E-state index in [2.05, 4.69) is 6.92 Å². The maximum Gasteiger partial charge on any atom is 0.313 e. The van der Waals surface area contributed by atoms with E-state index in [1.54, 1.807) is 12.1 Å². The van der Waals surface area contributed by atoms with Crippen LogP contribution in [0.1, 0.15) is 42.1 Å². The summed E-state index contributed by atoms with van der Waals surface area (Å²) in [5.74, 6) is 0.608.